The first-order chi connectivity index (χ1) is 11.7. The summed E-state index contributed by atoms with van der Waals surface area (Å²) < 4.78 is 0.518. The number of hydrogen-bond acceptors (Lipinski definition) is 2. The van der Waals surface area contributed by atoms with Gasteiger partial charge in [0.25, 0.3) is 0 Å². The van der Waals surface area contributed by atoms with Crippen molar-refractivity contribution >= 4 is 28.5 Å². The van der Waals surface area contributed by atoms with E-state index in [1.807, 2.05) is 65.6 Å². The van der Waals surface area contributed by atoms with Crippen molar-refractivity contribution in [3.8, 4) is 0 Å². The number of hydrogen-bond donors (Lipinski definition) is 1. The summed E-state index contributed by atoms with van der Waals surface area (Å²) in [7, 11) is 0. The number of piperidine rings is 1. The summed E-state index contributed by atoms with van der Waals surface area (Å²) >= 11 is 2.12. The zero-order valence-electron chi connectivity index (χ0n) is 13.6. The fourth-order valence-corrected chi connectivity index (χ4v) is 4.14. The molecule has 0 spiro atoms. The number of carbonyl (C=O) groups is 1. The third-order valence-electron chi connectivity index (χ3n) is 4.98. The van der Waals surface area contributed by atoms with Gasteiger partial charge in [-0.3, -0.25) is 4.79 Å². The molecule has 1 N–H and O–H groups in total. The SMILES string of the molecule is O=C(CI)N1CCC(C(O)(c2ccccc2)c2ccccc2)CC1. The van der Waals surface area contributed by atoms with Crippen LogP contribution in [0.5, 0.6) is 0 Å². The number of alkyl halides is 1. The van der Waals surface area contributed by atoms with Crippen LogP contribution in [0, 0.1) is 5.92 Å². The van der Waals surface area contributed by atoms with Gasteiger partial charge in [-0.15, -0.1) is 0 Å². The van der Waals surface area contributed by atoms with Gasteiger partial charge in [0.1, 0.15) is 5.60 Å². The predicted octanol–water partition coefficient (Wildman–Crippen LogP) is 3.60. The molecule has 2 aromatic carbocycles. The van der Waals surface area contributed by atoms with Gasteiger partial charge < -0.3 is 10.0 Å². The average Bonchev–Trinajstić information content (AvgIpc) is 2.68. The first-order valence-electron chi connectivity index (χ1n) is 8.33. The molecule has 24 heavy (non-hydrogen) atoms. The molecule has 2 aromatic rings. The van der Waals surface area contributed by atoms with E-state index in [-0.39, 0.29) is 11.8 Å². The monoisotopic (exact) mass is 435 g/mol. The van der Waals surface area contributed by atoms with E-state index >= 15 is 0 Å². The minimum Gasteiger partial charge on any atom is -0.380 e. The molecule has 0 aliphatic carbocycles. The largest absolute Gasteiger partial charge is 0.380 e. The molecule has 126 valence electrons. The van der Waals surface area contributed by atoms with Crippen LogP contribution in [0.3, 0.4) is 0 Å². The molecule has 1 aliphatic rings. The maximum atomic E-state index is 11.9. The molecule has 0 saturated carbocycles. The fraction of sp³-hybridized carbons (Fsp3) is 0.350. The maximum absolute atomic E-state index is 11.9. The van der Waals surface area contributed by atoms with Crippen LogP contribution in [0.15, 0.2) is 60.7 Å². The molecule has 0 atom stereocenters. The molecule has 0 unspecified atom stereocenters. The molecule has 1 amide bonds. The van der Waals surface area contributed by atoms with E-state index in [0.717, 1.165) is 24.0 Å². The van der Waals surface area contributed by atoms with Gasteiger partial charge >= 0.3 is 0 Å². The van der Waals surface area contributed by atoms with Gasteiger partial charge in [-0.25, -0.2) is 0 Å². The van der Waals surface area contributed by atoms with Crippen molar-refractivity contribution in [2.45, 2.75) is 18.4 Å². The number of nitrogens with zero attached hydrogens (tertiary/aromatic N) is 1. The van der Waals surface area contributed by atoms with Gasteiger partial charge in [-0.1, -0.05) is 83.3 Å². The van der Waals surface area contributed by atoms with Gasteiger partial charge in [0.15, 0.2) is 0 Å². The fourth-order valence-electron chi connectivity index (χ4n) is 3.65. The van der Waals surface area contributed by atoms with E-state index in [9.17, 15) is 9.90 Å². The lowest BCUT2D eigenvalue weighted by molar-refractivity contribution is -0.130. The first kappa shape index (κ1) is 17.4. The summed E-state index contributed by atoms with van der Waals surface area (Å²) in [5, 5.41) is 11.8. The number of aliphatic hydroxyl groups is 1. The maximum Gasteiger partial charge on any atom is 0.232 e. The van der Waals surface area contributed by atoms with Gasteiger partial charge in [0.05, 0.1) is 4.43 Å². The molecule has 0 bridgehead atoms. The predicted molar refractivity (Wildman–Crippen MR) is 104 cm³/mol. The summed E-state index contributed by atoms with van der Waals surface area (Å²) in [6.07, 6.45) is 1.62. The topological polar surface area (TPSA) is 40.5 Å². The van der Waals surface area contributed by atoms with Crippen molar-refractivity contribution in [2.75, 3.05) is 17.5 Å². The quantitative estimate of drug-likeness (QED) is 0.589. The lowest BCUT2D eigenvalue weighted by atomic mass is 9.72. The second-order valence-corrected chi connectivity index (χ2v) is 7.05. The summed E-state index contributed by atoms with van der Waals surface area (Å²) in [4.78, 5) is 13.8. The van der Waals surface area contributed by atoms with E-state index in [0.29, 0.717) is 17.5 Å². The number of amides is 1. The van der Waals surface area contributed by atoms with Crippen LogP contribution in [0.4, 0.5) is 0 Å². The summed E-state index contributed by atoms with van der Waals surface area (Å²) in [5.74, 6) is 0.289. The van der Waals surface area contributed by atoms with Crippen molar-refractivity contribution < 1.29 is 9.90 Å². The number of likely N-dealkylation sites (tertiary alicyclic amines) is 1. The lowest BCUT2D eigenvalue weighted by Crippen LogP contribution is -2.46. The van der Waals surface area contributed by atoms with E-state index in [1.54, 1.807) is 0 Å². The van der Waals surface area contributed by atoms with Crippen LogP contribution < -0.4 is 0 Å². The van der Waals surface area contributed by atoms with E-state index in [2.05, 4.69) is 22.6 Å². The second kappa shape index (κ2) is 7.66. The van der Waals surface area contributed by atoms with Gasteiger partial charge in [0, 0.05) is 13.1 Å². The van der Waals surface area contributed by atoms with Crippen molar-refractivity contribution in [3.63, 3.8) is 0 Å². The van der Waals surface area contributed by atoms with Crippen LogP contribution >= 0.6 is 22.6 Å². The van der Waals surface area contributed by atoms with Crippen molar-refractivity contribution in [3.05, 3.63) is 71.8 Å². The molecular formula is C20H22INO2. The van der Waals surface area contributed by atoms with E-state index in [4.69, 9.17) is 0 Å². The van der Waals surface area contributed by atoms with E-state index < -0.39 is 5.60 Å². The van der Waals surface area contributed by atoms with E-state index in [1.165, 1.54) is 0 Å². The average molecular weight is 435 g/mol. The Bertz CT molecular complexity index is 627. The third kappa shape index (κ3) is 3.35. The van der Waals surface area contributed by atoms with Crippen LogP contribution in [0.25, 0.3) is 0 Å². The van der Waals surface area contributed by atoms with Crippen molar-refractivity contribution in [2.24, 2.45) is 5.92 Å². The zero-order chi connectivity index (χ0) is 17.0. The second-order valence-electron chi connectivity index (χ2n) is 6.29. The highest BCUT2D eigenvalue weighted by atomic mass is 127. The Morgan fingerprint density at radius 3 is 1.88 bits per heavy atom. The van der Waals surface area contributed by atoms with Crippen LogP contribution in [-0.4, -0.2) is 33.4 Å². The number of halogens is 1. The molecule has 1 saturated heterocycles. The van der Waals surface area contributed by atoms with Crippen LogP contribution in [0.2, 0.25) is 0 Å². The molecule has 0 radical (unpaired) electrons. The molecule has 3 nitrogen and oxygen atoms in total. The Morgan fingerprint density at radius 2 is 1.46 bits per heavy atom. The molecular weight excluding hydrogens is 413 g/mol. The first-order valence-corrected chi connectivity index (χ1v) is 9.86. The van der Waals surface area contributed by atoms with Gasteiger partial charge in [-0.2, -0.15) is 0 Å². The van der Waals surface area contributed by atoms with Crippen molar-refractivity contribution in [1.29, 1.82) is 0 Å². The molecule has 4 heteroatoms. The smallest absolute Gasteiger partial charge is 0.232 e. The third-order valence-corrected chi connectivity index (χ3v) is 5.63. The molecule has 0 aromatic heterocycles. The summed E-state index contributed by atoms with van der Waals surface area (Å²) in [5.41, 5.74) is 0.840. The molecule has 1 fully saturated rings. The number of carbonyl (C=O) groups excluding carboxylic acids is 1. The Morgan fingerprint density at radius 1 is 1.00 bits per heavy atom. The molecule has 1 heterocycles. The standard InChI is InChI=1S/C20H22INO2/c21-15-19(23)22-13-11-18(12-14-22)20(24,16-7-3-1-4-8-16)17-9-5-2-6-10-17/h1-10,18,24H,11-15H2. The normalized spacial score (nSPS) is 16.2. The summed E-state index contributed by atoms with van der Waals surface area (Å²) in [6, 6.07) is 19.8. The number of benzene rings is 2. The minimum absolute atomic E-state index is 0.0977. The van der Waals surface area contributed by atoms with Crippen LogP contribution in [-0.2, 0) is 10.4 Å². The summed E-state index contributed by atoms with van der Waals surface area (Å²) in [6.45, 7) is 1.43. The highest BCUT2D eigenvalue weighted by Crippen LogP contribution is 2.41. The highest BCUT2D eigenvalue weighted by molar-refractivity contribution is 14.1. The van der Waals surface area contributed by atoms with Crippen LogP contribution in [0.1, 0.15) is 24.0 Å². The van der Waals surface area contributed by atoms with Gasteiger partial charge in [0.2, 0.25) is 5.91 Å². The molecule has 3 rings (SSSR count). The molecule has 1 aliphatic heterocycles. The minimum atomic E-state index is -1.01. The lowest BCUT2D eigenvalue weighted by Gasteiger charge is -2.42. The zero-order valence-corrected chi connectivity index (χ0v) is 15.7. The Hall–Kier alpha value is -1.40. The highest BCUT2D eigenvalue weighted by Gasteiger charge is 2.41. The number of rotatable bonds is 4. The van der Waals surface area contributed by atoms with Crippen molar-refractivity contribution in [1.82, 2.24) is 4.90 Å². The Kier molecular flexibility index (Phi) is 5.56. The Labute approximate surface area is 156 Å². The Balaban J connectivity index is 1.91. The van der Waals surface area contributed by atoms with Gasteiger partial charge in [-0.05, 0) is 29.9 Å².